The largest absolute Gasteiger partial charge is 0.480 e. The van der Waals surface area contributed by atoms with Gasteiger partial charge in [-0.15, -0.1) is 0 Å². The highest BCUT2D eigenvalue weighted by Gasteiger charge is 2.15. The van der Waals surface area contributed by atoms with E-state index in [0.717, 1.165) is 0 Å². The van der Waals surface area contributed by atoms with Crippen LogP contribution < -0.4 is 10.6 Å². The lowest BCUT2D eigenvalue weighted by Crippen LogP contribution is -2.18. The lowest BCUT2D eigenvalue weighted by Gasteiger charge is -2.14. The Balaban J connectivity index is 2.17. The Morgan fingerprint density at radius 3 is 2.78 bits per heavy atom. The highest BCUT2D eigenvalue weighted by atomic mass is 35.5. The van der Waals surface area contributed by atoms with Crippen LogP contribution in [-0.4, -0.2) is 37.8 Å². The van der Waals surface area contributed by atoms with Gasteiger partial charge in [0.25, 0.3) is 5.91 Å². The second kappa shape index (κ2) is 7.10. The van der Waals surface area contributed by atoms with Crippen molar-refractivity contribution in [3.05, 3.63) is 35.4 Å². The van der Waals surface area contributed by atoms with Crippen molar-refractivity contribution in [2.75, 3.05) is 10.6 Å². The fourth-order valence-corrected chi connectivity index (χ4v) is 2.05. The number of nitrogens with zero attached hydrogens (tertiary/aromatic N) is 3. The standard InChI is InChI=1S/C14H16ClN5O3/c1-8(2)18-11-3-12(15)16-5-10(11)14(23)19-9-4-17-20(6-9)7-13(21)22/h3-6,8H,7H2,1-2H3,(H,16,18)(H,19,23)(H,21,22). The second-order valence-corrected chi connectivity index (χ2v) is 5.51. The van der Waals surface area contributed by atoms with Crippen LogP contribution in [0, 0.1) is 0 Å². The van der Waals surface area contributed by atoms with Crippen LogP contribution in [0.1, 0.15) is 24.2 Å². The van der Waals surface area contributed by atoms with Gasteiger partial charge < -0.3 is 15.7 Å². The van der Waals surface area contributed by atoms with Crippen LogP contribution in [0.4, 0.5) is 11.4 Å². The van der Waals surface area contributed by atoms with E-state index in [0.29, 0.717) is 16.9 Å². The van der Waals surface area contributed by atoms with Gasteiger partial charge in [0.15, 0.2) is 0 Å². The number of hydrogen-bond acceptors (Lipinski definition) is 5. The predicted octanol–water partition coefficient (Wildman–Crippen LogP) is 2.09. The van der Waals surface area contributed by atoms with E-state index in [1.807, 2.05) is 13.8 Å². The maximum atomic E-state index is 12.4. The summed E-state index contributed by atoms with van der Waals surface area (Å²) < 4.78 is 1.21. The molecule has 2 aromatic rings. The lowest BCUT2D eigenvalue weighted by atomic mass is 10.2. The number of carboxylic acid groups (broad SMARTS) is 1. The zero-order valence-corrected chi connectivity index (χ0v) is 13.3. The van der Waals surface area contributed by atoms with E-state index in [9.17, 15) is 9.59 Å². The van der Waals surface area contributed by atoms with Gasteiger partial charge in [0.05, 0.1) is 23.1 Å². The summed E-state index contributed by atoms with van der Waals surface area (Å²) >= 11 is 5.87. The van der Waals surface area contributed by atoms with Gasteiger partial charge in [-0.25, -0.2) is 4.98 Å². The molecule has 2 heterocycles. The molecule has 0 saturated carbocycles. The molecule has 0 spiro atoms. The molecule has 0 unspecified atom stereocenters. The first-order chi connectivity index (χ1) is 10.8. The van der Waals surface area contributed by atoms with Crippen LogP contribution in [0.3, 0.4) is 0 Å². The molecule has 0 aliphatic rings. The van der Waals surface area contributed by atoms with Crippen molar-refractivity contribution in [1.82, 2.24) is 14.8 Å². The van der Waals surface area contributed by atoms with Crippen LogP contribution in [-0.2, 0) is 11.3 Å². The number of amides is 1. The highest BCUT2D eigenvalue weighted by Crippen LogP contribution is 2.21. The molecule has 23 heavy (non-hydrogen) atoms. The van der Waals surface area contributed by atoms with Crippen LogP contribution in [0.5, 0.6) is 0 Å². The number of halogens is 1. The summed E-state index contributed by atoms with van der Waals surface area (Å²) in [5, 5.41) is 18.6. The molecular weight excluding hydrogens is 322 g/mol. The van der Waals surface area contributed by atoms with Crippen molar-refractivity contribution in [3.63, 3.8) is 0 Å². The molecule has 0 fully saturated rings. The molecule has 0 aromatic carbocycles. The Bertz CT molecular complexity index is 729. The molecule has 0 radical (unpaired) electrons. The SMILES string of the molecule is CC(C)Nc1cc(Cl)ncc1C(=O)Nc1cnn(CC(=O)O)c1. The van der Waals surface area contributed by atoms with Gasteiger partial charge in [-0.3, -0.25) is 14.3 Å². The van der Waals surface area contributed by atoms with E-state index < -0.39 is 11.9 Å². The molecule has 2 rings (SSSR count). The predicted molar refractivity (Wildman–Crippen MR) is 85.8 cm³/mol. The van der Waals surface area contributed by atoms with Crippen molar-refractivity contribution in [2.45, 2.75) is 26.4 Å². The fourth-order valence-electron chi connectivity index (χ4n) is 1.89. The first-order valence-electron chi connectivity index (χ1n) is 6.83. The van der Waals surface area contributed by atoms with Crippen LogP contribution in [0.15, 0.2) is 24.7 Å². The van der Waals surface area contributed by atoms with Gasteiger partial charge >= 0.3 is 5.97 Å². The number of carbonyl (C=O) groups is 2. The van der Waals surface area contributed by atoms with Crippen molar-refractivity contribution in [2.24, 2.45) is 0 Å². The molecule has 0 bridgehead atoms. The maximum absolute atomic E-state index is 12.4. The first-order valence-corrected chi connectivity index (χ1v) is 7.20. The average Bonchev–Trinajstić information content (AvgIpc) is 2.84. The summed E-state index contributed by atoms with van der Waals surface area (Å²) in [6.07, 6.45) is 4.19. The van der Waals surface area contributed by atoms with E-state index in [1.165, 1.54) is 23.3 Å². The summed E-state index contributed by atoms with van der Waals surface area (Å²) in [6.45, 7) is 3.59. The number of pyridine rings is 1. The number of anilines is 2. The van der Waals surface area contributed by atoms with Crippen molar-refractivity contribution >= 4 is 34.9 Å². The Labute approximate surface area is 137 Å². The molecule has 0 atom stereocenters. The fraction of sp³-hybridized carbons (Fsp3) is 0.286. The summed E-state index contributed by atoms with van der Waals surface area (Å²) in [7, 11) is 0. The van der Waals surface area contributed by atoms with Crippen molar-refractivity contribution < 1.29 is 14.7 Å². The van der Waals surface area contributed by atoms with E-state index in [4.69, 9.17) is 16.7 Å². The Hall–Kier alpha value is -2.61. The van der Waals surface area contributed by atoms with E-state index in [2.05, 4.69) is 20.7 Å². The third kappa shape index (κ3) is 4.68. The lowest BCUT2D eigenvalue weighted by molar-refractivity contribution is -0.137. The van der Waals surface area contributed by atoms with Crippen LogP contribution >= 0.6 is 11.6 Å². The number of carboxylic acids is 1. The van der Waals surface area contributed by atoms with E-state index in [1.54, 1.807) is 6.07 Å². The minimum atomic E-state index is -1.02. The zero-order chi connectivity index (χ0) is 17.0. The van der Waals surface area contributed by atoms with Gasteiger partial charge in [-0.1, -0.05) is 11.6 Å². The first kappa shape index (κ1) is 16.8. The van der Waals surface area contributed by atoms with Crippen LogP contribution in [0.2, 0.25) is 5.15 Å². The number of aromatic nitrogens is 3. The monoisotopic (exact) mass is 337 g/mol. The average molecular weight is 338 g/mol. The smallest absolute Gasteiger partial charge is 0.325 e. The quantitative estimate of drug-likeness (QED) is 0.696. The molecule has 1 amide bonds. The van der Waals surface area contributed by atoms with Gasteiger partial charge in [-0.2, -0.15) is 5.10 Å². The molecule has 2 aromatic heterocycles. The van der Waals surface area contributed by atoms with Gasteiger partial charge in [0, 0.05) is 18.4 Å². The molecule has 0 aliphatic carbocycles. The minimum Gasteiger partial charge on any atom is -0.480 e. The third-order valence-electron chi connectivity index (χ3n) is 2.75. The molecule has 122 valence electrons. The molecule has 3 N–H and O–H groups in total. The van der Waals surface area contributed by atoms with Gasteiger partial charge in [-0.05, 0) is 19.9 Å². The molecule has 0 saturated heterocycles. The Kier molecular flexibility index (Phi) is 5.17. The minimum absolute atomic E-state index is 0.110. The number of rotatable bonds is 6. The van der Waals surface area contributed by atoms with Gasteiger partial charge in [0.1, 0.15) is 11.7 Å². The molecule has 9 heteroatoms. The van der Waals surface area contributed by atoms with E-state index in [-0.39, 0.29) is 17.7 Å². The molecular formula is C14H16ClN5O3. The third-order valence-corrected chi connectivity index (χ3v) is 2.95. The number of carbonyl (C=O) groups excluding carboxylic acids is 1. The summed E-state index contributed by atoms with van der Waals surface area (Å²) in [4.78, 5) is 26.9. The highest BCUT2D eigenvalue weighted by molar-refractivity contribution is 6.29. The summed E-state index contributed by atoms with van der Waals surface area (Å²) in [6, 6.07) is 1.68. The summed E-state index contributed by atoms with van der Waals surface area (Å²) in [5.74, 6) is -1.41. The van der Waals surface area contributed by atoms with Crippen LogP contribution in [0.25, 0.3) is 0 Å². The molecule has 8 nitrogen and oxygen atoms in total. The summed E-state index contributed by atoms with van der Waals surface area (Å²) in [5.41, 5.74) is 1.28. The Morgan fingerprint density at radius 2 is 2.13 bits per heavy atom. The Morgan fingerprint density at radius 1 is 1.39 bits per heavy atom. The normalized spacial score (nSPS) is 10.6. The van der Waals surface area contributed by atoms with Gasteiger partial charge in [0.2, 0.25) is 0 Å². The van der Waals surface area contributed by atoms with E-state index >= 15 is 0 Å². The topological polar surface area (TPSA) is 109 Å². The second-order valence-electron chi connectivity index (χ2n) is 5.13. The maximum Gasteiger partial charge on any atom is 0.325 e. The number of hydrogen-bond donors (Lipinski definition) is 3. The van der Waals surface area contributed by atoms with Crippen molar-refractivity contribution in [1.29, 1.82) is 0 Å². The molecule has 0 aliphatic heterocycles. The number of aliphatic carboxylic acids is 1. The van der Waals surface area contributed by atoms with Crippen molar-refractivity contribution in [3.8, 4) is 0 Å². The number of nitrogens with one attached hydrogen (secondary N) is 2. The zero-order valence-electron chi connectivity index (χ0n) is 12.6.